The first-order valence-electron chi connectivity index (χ1n) is 4.69. The molecule has 0 aromatic heterocycles. The number of methoxy groups -OCH3 is 1. The van der Waals surface area contributed by atoms with Gasteiger partial charge >= 0.3 is 5.97 Å². The van der Waals surface area contributed by atoms with Crippen LogP contribution in [0.2, 0.25) is 5.02 Å². The van der Waals surface area contributed by atoms with E-state index in [-0.39, 0.29) is 0 Å². The molecule has 3 nitrogen and oxygen atoms in total. The molecule has 0 bridgehead atoms. The molecule has 0 amide bonds. The molecule has 16 heavy (non-hydrogen) atoms. The minimum absolute atomic E-state index is 0.316. The number of hydrogen-bond acceptors (Lipinski definition) is 3. The Labute approximate surface area is 99.3 Å². The first kappa shape index (κ1) is 12.4. The van der Waals surface area contributed by atoms with E-state index in [1.54, 1.807) is 25.1 Å². The number of halogens is 1. The Morgan fingerprint density at radius 1 is 1.50 bits per heavy atom. The van der Waals surface area contributed by atoms with Crippen LogP contribution in [0.5, 0.6) is 5.75 Å². The van der Waals surface area contributed by atoms with Gasteiger partial charge in [-0.1, -0.05) is 17.5 Å². The molecule has 0 saturated carbocycles. The molecule has 1 aromatic carbocycles. The van der Waals surface area contributed by atoms with Gasteiger partial charge in [0.2, 0.25) is 0 Å². The van der Waals surface area contributed by atoms with Crippen LogP contribution in [0.15, 0.2) is 18.2 Å². The minimum Gasteiger partial charge on any atom is -0.495 e. The van der Waals surface area contributed by atoms with E-state index < -0.39 is 5.97 Å². The lowest BCUT2D eigenvalue weighted by Crippen LogP contribution is -1.99. The average Bonchev–Trinajstić information content (AvgIpc) is 2.27. The third-order valence-corrected chi connectivity index (χ3v) is 2.03. The van der Waals surface area contributed by atoms with Crippen LogP contribution in [0.3, 0.4) is 0 Å². The summed E-state index contributed by atoms with van der Waals surface area (Å²) >= 11 is 5.90. The van der Waals surface area contributed by atoms with E-state index in [1.165, 1.54) is 7.11 Å². The van der Waals surface area contributed by atoms with Gasteiger partial charge in [-0.15, -0.1) is 0 Å². The van der Waals surface area contributed by atoms with Crippen molar-refractivity contribution in [3.63, 3.8) is 0 Å². The number of carbonyl (C=O) groups is 1. The maximum Gasteiger partial charge on any atom is 0.384 e. The highest BCUT2D eigenvalue weighted by atomic mass is 35.5. The highest BCUT2D eigenvalue weighted by Crippen LogP contribution is 2.24. The molecule has 0 aliphatic heterocycles. The Bertz CT molecular complexity index is 443. The van der Waals surface area contributed by atoms with Gasteiger partial charge in [0.05, 0.1) is 18.7 Å². The lowest BCUT2D eigenvalue weighted by Gasteiger charge is -2.01. The third-order valence-electron chi connectivity index (χ3n) is 1.74. The second-order valence-corrected chi connectivity index (χ2v) is 3.23. The van der Waals surface area contributed by atoms with Crippen molar-refractivity contribution in [3.8, 4) is 17.6 Å². The molecular weight excluding hydrogens is 228 g/mol. The molecule has 0 radical (unpaired) electrons. The lowest BCUT2D eigenvalue weighted by molar-refractivity contribution is -0.136. The molecular formula is C12H11ClO3. The molecule has 1 rings (SSSR count). The fourth-order valence-electron chi connectivity index (χ4n) is 1.03. The summed E-state index contributed by atoms with van der Waals surface area (Å²) in [7, 11) is 1.53. The van der Waals surface area contributed by atoms with Crippen LogP contribution in [0.1, 0.15) is 12.5 Å². The van der Waals surface area contributed by atoms with Gasteiger partial charge in [0.25, 0.3) is 0 Å². The summed E-state index contributed by atoms with van der Waals surface area (Å²) in [6.07, 6.45) is 0. The molecule has 84 valence electrons. The van der Waals surface area contributed by atoms with E-state index in [2.05, 4.69) is 16.6 Å². The van der Waals surface area contributed by atoms with E-state index in [1.807, 2.05) is 0 Å². The normalized spacial score (nSPS) is 8.94. The summed E-state index contributed by atoms with van der Waals surface area (Å²) in [6.45, 7) is 2.04. The maximum absolute atomic E-state index is 11.0. The second-order valence-electron chi connectivity index (χ2n) is 2.82. The van der Waals surface area contributed by atoms with Crippen LogP contribution in [-0.4, -0.2) is 19.7 Å². The molecule has 1 aromatic rings. The Balaban J connectivity index is 2.82. The van der Waals surface area contributed by atoms with Crippen molar-refractivity contribution in [3.05, 3.63) is 28.8 Å². The van der Waals surface area contributed by atoms with Crippen LogP contribution in [0.25, 0.3) is 0 Å². The lowest BCUT2D eigenvalue weighted by atomic mass is 10.2. The summed E-state index contributed by atoms with van der Waals surface area (Å²) in [4.78, 5) is 11.0. The van der Waals surface area contributed by atoms with Gasteiger partial charge in [0.1, 0.15) is 5.75 Å². The third kappa shape index (κ3) is 3.48. The smallest absolute Gasteiger partial charge is 0.384 e. The molecule has 0 heterocycles. The Hall–Kier alpha value is -1.66. The van der Waals surface area contributed by atoms with Crippen molar-refractivity contribution >= 4 is 17.6 Å². The van der Waals surface area contributed by atoms with Crippen molar-refractivity contribution in [2.45, 2.75) is 6.92 Å². The van der Waals surface area contributed by atoms with Crippen molar-refractivity contribution in [2.75, 3.05) is 13.7 Å². The van der Waals surface area contributed by atoms with E-state index >= 15 is 0 Å². The second kappa shape index (κ2) is 6.04. The summed E-state index contributed by atoms with van der Waals surface area (Å²) in [5.74, 6) is 5.04. The first-order chi connectivity index (χ1) is 7.67. The van der Waals surface area contributed by atoms with Gasteiger partial charge in [-0.2, -0.15) is 0 Å². The van der Waals surface area contributed by atoms with E-state index in [4.69, 9.17) is 16.3 Å². The van der Waals surface area contributed by atoms with Gasteiger partial charge in [-0.05, 0) is 25.1 Å². The van der Waals surface area contributed by atoms with Crippen LogP contribution >= 0.6 is 11.6 Å². The standard InChI is InChI=1S/C12H11ClO3/c1-3-16-12(14)7-5-9-4-6-11(15-2)10(13)8-9/h4,6,8H,3H2,1-2H3. The monoisotopic (exact) mass is 238 g/mol. The Morgan fingerprint density at radius 3 is 2.81 bits per heavy atom. The molecule has 4 heteroatoms. The predicted octanol–water partition coefficient (Wildman–Crippen LogP) is 2.26. The van der Waals surface area contributed by atoms with Crippen molar-refractivity contribution < 1.29 is 14.3 Å². The number of ether oxygens (including phenoxy) is 2. The molecule has 0 N–H and O–H groups in total. The fourth-order valence-corrected chi connectivity index (χ4v) is 1.29. The number of rotatable bonds is 2. The van der Waals surface area contributed by atoms with Gasteiger partial charge in [-0.3, -0.25) is 0 Å². The first-order valence-corrected chi connectivity index (χ1v) is 5.07. The topological polar surface area (TPSA) is 35.5 Å². The van der Waals surface area contributed by atoms with Crippen LogP contribution in [0, 0.1) is 11.8 Å². The highest BCUT2D eigenvalue weighted by molar-refractivity contribution is 6.32. The zero-order chi connectivity index (χ0) is 12.0. The van der Waals surface area contributed by atoms with Crippen molar-refractivity contribution in [1.82, 2.24) is 0 Å². The van der Waals surface area contributed by atoms with Crippen molar-refractivity contribution in [1.29, 1.82) is 0 Å². The summed E-state index contributed by atoms with van der Waals surface area (Å²) < 4.78 is 9.66. The van der Waals surface area contributed by atoms with E-state index in [9.17, 15) is 4.79 Å². The number of esters is 1. The number of hydrogen-bond donors (Lipinski definition) is 0. The SMILES string of the molecule is CCOC(=O)C#Cc1ccc(OC)c(Cl)c1. The molecule has 0 fully saturated rings. The van der Waals surface area contributed by atoms with Gasteiger partial charge in [0.15, 0.2) is 0 Å². The van der Waals surface area contributed by atoms with Gasteiger partial charge in [0, 0.05) is 11.5 Å². The maximum atomic E-state index is 11.0. The molecule has 0 atom stereocenters. The van der Waals surface area contributed by atoms with Crippen LogP contribution in [-0.2, 0) is 9.53 Å². The van der Waals surface area contributed by atoms with E-state index in [0.717, 1.165) is 0 Å². The Kier molecular flexibility index (Phi) is 4.68. The fraction of sp³-hybridized carbons (Fsp3) is 0.250. The van der Waals surface area contributed by atoms with E-state index in [0.29, 0.717) is 22.9 Å². The molecule has 0 spiro atoms. The average molecular weight is 239 g/mol. The van der Waals surface area contributed by atoms with Crippen LogP contribution in [0.4, 0.5) is 0 Å². The van der Waals surface area contributed by atoms with Crippen LogP contribution < -0.4 is 4.74 Å². The van der Waals surface area contributed by atoms with Gasteiger partial charge in [-0.25, -0.2) is 4.79 Å². The summed E-state index contributed by atoms with van der Waals surface area (Å²) in [5.41, 5.74) is 0.638. The molecule has 0 unspecified atom stereocenters. The Morgan fingerprint density at radius 2 is 2.25 bits per heavy atom. The summed E-state index contributed by atoms with van der Waals surface area (Å²) in [6, 6.07) is 5.04. The predicted molar refractivity (Wildman–Crippen MR) is 61.5 cm³/mol. The zero-order valence-electron chi connectivity index (χ0n) is 9.04. The number of carbonyl (C=O) groups excluding carboxylic acids is 1. The molecule has 0 saturated heterocycles. The number of benzene rings is 1. The summed E-state index contributed by atoms with van der Waals surface area (Å²) in [5, 5.41) is 0.457. The molecule has 0 aliphatic carbocycles. The minimum atomic E-state index is -0.547. The van der Waals surface area contributed by atoms with Crippen molar-refractivity contribution in [2.24, 2.45) is 0 Å². The zero-order valence-corrected chi connectivity index (χ0v) is 9.80. The largest absolute Gasteiger partial charge is 0.495 e. The molecule has 0 aliphatic rings. The highest BCUT2D eigenvalue weighted by Gasteiger charge is 2.00. The quantitative estimate of drug-likeness (QED) is 0.586. The van der Waals surface area contributed by atoms with Gasteiger partial charge < -0.3 is 9.47 Å².